The minimum atomic E-state index is -0.383. The molecule has 45 heavy (non-hydrogen) atoms. The number of carbonyl (C=O) groups is 2. The van der Waals surface area contributed by atoms with E-state index in [9.17, 15) is 9.59 Å². The van der Waals surface area contributed by atoms with E-state index in [0.717, 1.165) is 47.0 Å². The Hall–Kier alpha value is -4.66. The van der Waals surface area contributed by atoms with E-state index in [4.69, 9.17) is 28.4 Å². The molecule has 0 spiro atoms. The quantitative estimate of drug-likeness (QED) is 0.110. The standard InChI is InChI=1S/C37H36O8/c1-25(20-45-37(39)31-8-4-27(5-9-31)29-12-16-33(17-13-29)42-22-35-24-44-35)18-19-40-36(38)30-6-2-26(3-7-30)28-10-14-32(15-11-28)41-21-34-23-43-34/h2-17,25,34-35H,18-24H2,1H3. The Morgan fingerprint density at radius 1 is 0.622 bits per heavy atom. The lowest BCUT2D eigenvalue weighted by Crippen LogP contribution is -2.15. The monoisotopic (exact) mass is 608 g/mol. The fourth-order valence-corrected chi connectivity index (χ4v) is 4.61. The largest absolute Gasteiger partial charge is 0.491 e. The van der Waals surface area contributed by atoms with Crippen molar-refractivity contribution in [3.8, 4) is 33.8 Å². The van der Waals surface area contributed by atoms with E-state index in [2.05, 4.69) is 0 Å². The van der Waals surface area contributed by atoms with Crippen LogP contribution in [0.5, 0.6) is 11.5 Å². The van der Waals surface area contributed by atoms with Crippen LogP contribution < -0.4 is 9.47 Å². The third-order valence-corrected chi connectivity index (χ3v) is 7.64. The van der Waals surface area contributed by atoms with Crippen LogP contribution in [0.15, 0.2) is 97.1 Å². The Kier molecular flexibility index (Phi) is 9.73. The van der Waals surface area contributed by atoms with Crippen LogP contribution in [-0.2, 0) is 18.9 Å². The minimum absolute atomic E-state index is 0.0272. The maximum atomic E-state index is 12.6. The van der Waals surface area contributed by atoms with E-state index in [1.807, 2.05) is 79.7 Å². The molecule has 2 saturated heterocycles. The highest BCUT2D eigenvalue weighted by atomic mass is 16.6. The van der Waals surface area contributed by atoms with Crippen LogP contribution >= 0.6 is 0 Å². The van der Waals surface area contributed by atoms with Gasteiger partial charge in [-0.05, 0) is 83.1 Å². The van der Waals surface area contributed by atoms with Crippen LogP contribution in [0.25, 0.3) is 22.3 Å². The van der Waals surface area contributed by atoms with Crippen molar-refractivity contribution in [3.05, 3.63) is 108 Å². The van der Waals surface area contributed by atoms with E-state index in [1.54, 1.807) is 24.3 Å². The van der Waals surface area contributed by atoms with Crippen molar-refractivity contribution in [2.24, 2.45) is 5.92 Å². The maximum Gasteiger partial charge on any atom is 0.338 e. The molecule has 0 aromatic heterocycles. The summed E-state index contributed by atoms with van der Waals surface area (Å²) >= 11 is 0. The van der Waals surface area contributed by atoms with Gasteiger partial charge in [-0.1, -0.05) is 55.5 Å². The van der Waals surface area contributed by atoms with Crippen molar-refractivity contribution >= 4 is 11.9 Å². The van der Waals surface area contributed by atoms with Gasteiger partial charge in [0.25, 0.3) is 0 Å². The number of ether oxygens (including phenoxy) is 6. The summed E-state index contributed by atoms with van der Waals surface area (Å²) in [4.78, 5) is 25.2. The van der Waals surface area contributed by atoms with Crippen molar-refractivity contribution in [3.63, 3.8) is 0 Å². The molecule has 4 aromatic carbocycles. The molecule has 0 bridgehead atoms. The molecule has 0 radical (unpaired) electrons. The summed E-state index contributed by atoms with van der Waals surface area (Å²) in [6.45, 7) is 5.10. The van der Waals surface area contributed by atoms with Crippen molar-refractivity contribution < 1.29 is 38.0 Å². The summed E-state index contributed by atoms with van der Waals surface area (Å²) in [5, 5.41) is 0. The van der Waals surface area contributed by atoms with Gasteiger partial charge < -0.3 is 28.4 Å². The fraction of sp³-hybridized carbons (Fsp3) is 0.297. The first kappa shape index (κ1) is 30.4. The highest BCUT2D eigenvalue weighted by Crippen LogP contribution is 2.25. The van der Waals surface area contributed by atoms with Gasteiger partial charge in [0, 0.05) is 0 Å². The summed E-state index contributed by atoms with van der Waals surface area (Å²) in [6.07, 6.45) is 1.01. The van der Waals surface area contributed by atoms with E-state index in [0.29, 0.717) is 30.8 Å². The van der Waals surface area contributed by atoms with Gasteiger partial charge in [-0.2, -0.15) is 0 Å². The van der Waals surface area contributed by atoms with E-state index < -0.39 is 0 Å². The summed E-state index contributed by atoms with van der Waals surface area (Å²) in [7, 11) is 0. The highest BCUT2D eigenvalue weighted by Gasteiger charge is 2.23. The predicted octanol–water partition coefficient (Wildman–Crippen LogP) is 6.62. The van der Waals surface area contributed by atoms with Crippen LogP contribution in [0.2, 0.25) is 0 Å². The number of epoxide rings is 2. The van der Waals surface area contributed by atoms with E-state index in [-0.39, 0.29) is 43.3 Å². The first-order valence-corrected chi connectivity index (χ1v) is 15.2. The van der Waals surface area contributed by atoms with Crippen molar-refractivity contribution in [2.45, 2.75) is 25.6 Å². The second-order valence-electron chi connectivity index (χ2n) is 11.4. The highest BCUT2D eigenvalue weighted by molar-refractivity contribution is 5.90. The molecule has 2 aliphatic rings. The van der Waals surface area contributed by atoms with Gasteiger partial charge in [0.1, 0.15) is 36.9 Å². The molecule has 0 saturated carbocycles. The molecule has 0 N–H and O–H groups in total. The molecule has 0 amide bonds. The second kappa shape index (κ2) is 14.4. The molecular weight excluding hydrogens is 572 g/mol. The summed E-state index contributed by atoms with van der Waals surface area (Å²) < 4.78 is 32.7. The van der Waals surface area contributed by atoms with Gasteiger partial charge in [-0.3, -0.25) is 0 Å². The smallest absolute Gasteiger partial charge is 0.338 e. The number of hydrogen-bond acceptors (Lipinski definition) is 8. The van der Waals surface area contributed by atoms with Gasteiger partial charge in [-0.15, -0.1) is 0 Å². The van der Waals surface area contributed by atoms with Crippen molar-refractivity contribution in [1.82, 2.24) is 0 Å². The van der Waals surface area contributed by atoms with Crippen LogP contribution in [-0.4, -0.2) is 63.8 Å². The van der Waals surface area contributed by atoms with Gasteiger partial charge in [-0.25, -0.2) is 9.59 Å². The van der Waals surface area contributed by atoms with Gasteiger partial charge in [0.15, 0.2) is 0 Å². The predicted molar refractivity (Wildman–Crippen MR) is 169 cm³/mol. The SMILES string of the molecule is CC(CCOC(=O)c1ccc(-c2ccc(OCC3CO3)cc2)cc1)COC(=O)c1ccc(-c2ccc(OCC3CO3)cc2)cc1. The zero-order chi connectivity index (χ0) is 31.0. The molecule has 8 nitrogen and oxygen atoms in total. The number of esters is 2. The Labute approximate surface area is 262 Å². The lowest BCUT2D eigenvalue weighted by molar-refractivity contribution is 0.0367. The topological polar surface area (TPSA) is 96.1 Å². The molecule has 3 unspecified atom stereocenters. The van der Waals surface area contributed by atoms with Crippen LogP contribution in [0, 0.1) is 5.92 Å². The minimum Gasteiger partial charge on any atom is -0.491 e. The third-order valence-electron chi connectivity index (χ3n) is 7.64. The molecular formula is C37H36O8. The van der Waals surface area contributed by atoms with Gasteiger partial charge in [0.05, 0.1) is 37.6 Å². The normalized spacial score (nSPS) is 17.2. The number of hydrogen-bond donors (Lipinski definition) is 0. The van der Waals surface area contributed by atoms with E-state index in [1.165, 1.54) is 0 Å². The average Bonchev–Trinajstić information content (AvgIpc) is 4.02. The average molecular weight is 609 g/mol. The molecule has 2 aliphatic heterocycles. The van der Waals surface area contributed by atoms with Crippen LogP contribution in [0.3, 0.4) is 0 Å². The zero-order valence-electron chi connectivity index (χ0n) is 25.2. The molecule has 4 aromatic rings. The molecule has 2 fully saturated rings. The summed E-state index contributed by atoms with van der Waals surface area (Å²) in [5.41, 5.74) is 5.01. The summed E-state index contributed by atoms with van der Waals surface area (Å²) in [6, 6.07) is 30.3. The Balaban J connectivity index is 0.893. The first-order valence-electron chi connectivity index (χ1n) is 15.2. The second-order valence-corrected chi connectivity index (χ2v) is 11.4. The number of benzene rings is 4. The van der Waals surface area contributed by atoms with Crippen molar-refractivity contribution in [1.29, 1.82) is 0 Å². The van der Waals surface area contributed by atoms with Gasteiger partial charge >= 0.3 is 11.9 Å². The van der Waals surface area contributed by atoms with Crippen LogP contribution in [0.4, 0.5) is 0 Å². The molecule has 2 heterocycles. The van der Waals surface area contributed by atoms with Gasteiger partial charge in [0.2, 0.25) is 0 Å². The Morgan fingerprint density at radius 3 is 1.40 bits per heavy atom. The summed E-state index contributed by atoms with van der Waals surface area (Å²) in [5.74, 6) is 0.867. The molecule has 0 aliphatic carbocycles. The Morgan fingerprint density at radius 2 is 1.00 bits per heavy atom. The Bertz CT molecular complexity index is 1560. The number of rotatable bonds is 15. The fourth-order valence-electron chi connectivity index (χ4n) is 4.61. The van der Waals surface area contributed by atoms with Crippen LogP contribution in [0.1, 0.15) is 34.1 Å². The lowest BCUT2D eigenvalue weighted by atomic mass is 10.0. The third kappa shape index (κ3) is 8.94. The molecule has 8 heteroatoms. The maximum absolute atomic E-state index is 12.6. The molecule has 6 rings (SSSR count). The molecule has 3 atom stereocenters. The van der Waals surface area contributed by atoms with Crippen molar-refractivity contribution in [2.75, 3.05) is 39.6 Å². The van der Waals surface area contributed by atoms with E-state index >= 15 is 0 Å². The number of carbonyl (C=O) groups excluding carboxylic acids is 2. The molecule has 232 valence electrons. The first-order chi connectivity index (χ1) is 22.0. The lowest BCUT2D eigenvalue weighted by Gasteiger charge is -2.13. The zero-order valence-corrected chi connectivity index (χ0v) is 25.2.